The fourth-order valence-corrected chi connectivity index (χ4v) is 2.93. The molecule has 1 saturated carbocycles. The van der Waals surface area contributed by atoms with Crippen LogP contribution >= 0.6 is 24.8 Å². The highest BCUT2D eigenvalue weighted by molar-refractivity contribution is 5.85. The number of carbonyl (C=O) groups is 1. The number of H-pyrrole nitrogens is 1. The molecule has 5 nitrogen and oxygen atoms in total. The molecule has 23 heavy (non-hydrogen) atoms. The Hall–Kier alpha value is -1.37. The average molecular weight is 363 g/mol. The minimum Gasteiger partial charge on any atom is -0.349 e. The second-order valence-corrected chi connectivity index (χ2v) is 5.68. The van der Waals surface area contributed by atoms with Crippen molar-refractivity contribution in [3.63, 3.8) is 0 Å². The molecular weight excluding hydrogens is 342 g/mol. The van der Waals surface area contributed by atoms with E-state index in [1.54, 1.807) is 6.07 Å². The van der Waals surface area contributed by atoms with E-state index in [0.717, 1.165) is 19.3 Å². The van der Waals surface area contributed by atoms with Crippen LogP contribution in [0.3, 0.4) is 0 Å². The van der Waals surface area contributed by atoms with Crippen LogP contribution in [0.2, 0.25) is 0 Å². The normalized spacial score (nSPS) is 19.9. The second kappa shape index (κ2) is 8.47. The predicted octanol–water partition coefficient (Wildman–Crippen LogP) is 2.68. The molecular formula is C15H21Cl2FN4O. The number of carbonyl (C=O) groups excluding carboxylic acids is 1. The van der Waals surface area contributed by atoms with Crippen LogP contribution in [-0.4, -0.2) is 21.9 Å². The fourth-order valence-electron chi connectivity index (χ4n) is 2.93. The molecule has 2 aromatic rings. The standard InChI is InChI=1S/C15H19FN4O.2ClH/c16-10-4-5-12-13(7-10)20-14(19-12)8-18-15(21)6-9-2-1-3-11(9)17;;/h4-5,7,9,11H,1-3,6,8,17H2,(H,18,21)(H,19,20);2*1H/t9-,11+;;/m0../s1. The molecule has 1 aliphatic rings. The first-order valence-electron chi connectivity index (χ1n) is 7.28. The Bertz CT molecular complexity index is 664. The van der Waals surface area contributed by atoms with Crippen molar-refractivity contribution in [2.75, 3.05) is 0 Å². The molecule has 3 rings (SSSR count). The number of aromatic amines is 1. The van der Waals surface area contributed by atoms with Gasteiger partial charge in [-0.15, -0.1) is 24.8 Å². The first kappa shape index (κ1) is 19.7. The average Bonchev–Trinajstić information content (AvgIpc) is 3.02. The number of halogens is 3. The van der Waals surface area contributed by atoms with Gasteiger partial charge in [0, 0.05) is 12.5 Å². The molecule has 1 amide bonds. The zero-order valence-electron chi connectivity index (χ0n) is 12.5. The van der Waals surface area contributed by atoms with E-state index in [4.69, 9.17) is 5.73 Å². The second-order valence-electron chi connectivity index (χ2n) is 5.68. The third-order valence-electron chi connectivity index (χ3n) is 4.11. The maximum Gasteiger partial charge on any atom is 0.220 e. The van der Waals surface area contributed by atoms with E-state index in [9.17, 15) is 9.18 Å². The number of rotatable bonds is 4. The summed E-state index contributed by atoms with van der Waals surface area (Å²) in [6.45, 7) is 0.317. The number of hydrogen-bond donors (Lipinski definition) is 3. The van der Waals surface area contributed by atoms with Crippen LogP contribution < -0.4 is 11.1 Å². The Morgan fingerprint density at radius 3 is 2.87 bits per heavy atom. The summed E-state index contributed by atoms with van der Waals surface area (Å²) < 4.78 is 13.1. The lowest BCUT2D eigenvalue weighted by Gasteiger charge is -2.14. The van der Waals surface area contributed by atoms with Crippen LogP contribution in [-0.2, 0) is 11.3 Å². The number of nitrogens with zero attached hydrogens (tertiary/aromatic N) is 1. The molecule has 0 bridgehead atoms. The third kappa shape index (κ3) is 4.80. The van der Waals surface area contributed by atoms with Gasteiger partial charge in [-0.25, -0.2) is 9.37 Å². The quantitative estimate of drug-likeness (QED) is 0.781. The van der Waals surface area contributed by atoms with Gasteiger partial charge in [-0.2, -0.15) is 0 Å². The van der Waals surface area contributed by atoms with Crippen molar-refractivity contribution >= 4 is 41.8 Å². The predicted molar refractivity (Wildman–Crippen MR) is 92.3 cm³/mol. The zero-order valence-corrected chi connectivity index (χ0v) is 14.2. The molecule has 0 radical (unpaired) electrons. The van der Waals surface area contributed by atoms with Crippen LogP contribution in [0.4, 0.5) is 4.39 Å². The molecule has 1 aromatic heterocycles. The maximum absolute atomic E-state index is 13.1. The SMILES string of the molecule is Cl.Cl.N[C@@H]1CCC[C@H]1CC(=O)NCc1nc2ccc(F)cc2[nH]1. The Kier molecular flexibility index (Phi) is 7.25. The van der Waals surface area contributed by atoms with Gasteiger partial charge in [-0.05, 0) is 37.0 Å². The van der Waals surface area contributed by atoms with Crippen molar-refractivity contribution in [3.05, 3.63) is 29.8 Å². The first-order chi connectivity index (χ1) is 10.1. The van der Waals surface area contributed by atoms with Gasteiger partial charge in [0.25, 0.3) is 0 Å². The monoisotopic (exact) mass is 362 g/mol. The number of nitrogens with two attached hydrogens (primary N) is 1. The summed E-state index contributed by atoms with van der Waals surface area (Å²) in [5, 5.41) is 2.84. The number of imidazole rings is 1. The molecule has 1 fully saturated rings. The van der Waals surface area contributed by atoms with E-state index in [0.29, 0.717) is 29.8 Å². The number of benzene rings is 1. The van der Waals surface area contributed by atoms with Gasteiger partial charge >= 0.3 is 0 Å². The van der Waals surface area contributed by atoms with Gasteiger partial charge in [0.2, 0.25) is 5.91 Å². The molecule has 8 heteroatoms. The van der Waals surface area contributed by atoms with Crippen LogP contribution in [0, 0.1) is 11.7 Å². The molecule has 1 heterocycles. The molecule has 4 N–H and O–H groups in total. The molecule has 1 aromatic carbocycles. The van der Waals surface area contributed by atoms with Gasteiger partial charge in [-0.1, -0.05) is 6.42 Å². The van der Waals surface area contributed by atoms with Gasteiger partial charge < -0.3 is 16.0 Å². The third-order valence-corrected chi connectivity index (χ3v) is 4.11. The van der Waals surface area contributed by atoms with Crippen LogP contribution in [0.5, 0.6) is 0 Å². The van der Waals surface area contributed by atoms with Crippen LogP contribution in [0.15, 0.2) is 18.2 Å². The molecule has 0 saturated heterocycles. The van der Waals surface area contributed by atoms with E-state index in [1.807, 2.05) is 0 Å². The smallest absolute Gasteiger partial charge is 0.220 e. The van der Waals surface area contributed by atoms with Crippen molar-refractivity contribution in [2.24, 2.45) is 11.7 Å². The highest BCUT2D eigenvalue weighted by atomic mass is 35.5. The van der Waals surface area contributed by atoms with E-state index in [2.05, 4.69) is 15.3 Å². The van der Waals surface area contributed by atoms with Crippen molar-refractivity contribution in [1.29, 1.82) is 0 Å². The van der Waals surface area contributed by atoms with E-state index < -0.39 is 0 Å². The summed E-state index contributed by atoms with van der Waals surface area (Å²) in [7, 11) is 0. The van der Waals surface area contributed by atoms with Gasteiger partial charge in [0.15, 0.2) is 0 Å². The Morgan fingerprint density at radius 2 is 2.17 bits per heavy atom. The Labute approximate surface area is 146 Å². The van der Waals surface area contributed by atoms with Crippen molar-refractivity contribution in [3.8, 4) is 0 Å². The highest BCUT2D eigenvalue weighted by Gasteiger charge is 2.25. The van der Waals surface area contributed by atoms with Crippen molar-refractivity contribution in [2.45, 2.75) is 38.3 Å². The van der Waals surface area contributed by atoms with E-state index in [1.165, 1.54) is 12.1 Å². The molecule has 1 aliphatic carbocycles. The van der Waals surface area contributed by atoms with Gasteiger partial charge in [0.05, 0.1) is 17.6 Å². The first-order valence-corrected chi connectivity index (χ1v) is 7.28. The van der Waals surface area contributed by atoms with Crippen molar-refractivity contribution < 1.29 is 9.18 Å². The summed E-state index contributed by atoms with van der Waals surface area (Å²) in [6, 6.07) is 4.52. The van der Waals surface area contributed by atoms with Gasteiger partial charge in [0.1, 0.15) is 11.6 Å². The molecule has 0 aliphatic heterocycles. The van der Waals surface area contributed by atoms with E-state index >= 15 is 0 Å². The minimum atomic E-state index is -0.308. The summed E-state index contributed by atoms with van der Waals surface area (Å²) in [4.78, 5) is 19.2. The highest BCUT2D eigenvalue weighted by Crippen LogP contribution is 2.26. The van der Waals surface area contributed by atoms with Gasteiger partial charge in [-0.3, -0.25) is 4.79 Å². The minimum absolute atomic E-state index is 0. The number of fused-ring (bicyclic) bond motifs is 1. The summed E-state index contributed by atoms with van der Waals surface area (Å²) in [5.41, 5.74) is 7.29. The van der Waals surface area contributed by atoms with Crippen LogP contribution in [0.25, 0.3) is 11.0 Å². The molecule has 0 spiro atoms. The lowest BCUT2D eigenvalue weighted by molar-refractivity contribution is -0.122. The Balaban J connectivity index is 0.00000132. The number of aromatic nitrogens is 2. The number of amides is 1. The van der Waals surface area contributed by atoms with Crippen LogP contribution in [0.1, 0.15) is 31.5 Å². The lowest BCUT2D eigenvalue weighted by Crippen LogP contribution is -2.31. The zero-order chi connectivity index (χ0) is 14.8. The molecule has 2 atom stereocenters. The maximum atomic E-state index is 13.1. The summed E-state index contributed by atoms with van der Waals surface area (Å²) in [6.07, 6.45) is 3.61. The lowest BCUT2D eigenvalue weighted by atomic mass is 10.00. The Morgan fingerprint density at radius 1 is 1.39 bits per heavy atom. The summed E-state index contributed by atoms with van der Waals surface area (Å²) in [5.74, 6) is 0.593. The topological polar surface area (TPSA) is 83.8 Å². The molecule has 0 unspecified atom stereocenters. The number of nitrogens with one attached hydrogen (secondary N) is 2. The van der Waals surface area contributed by atoms with E-state index in [-0.39, 0.29) is 48.5 Å². The molecule has 128 valence electrons. The van der Waals surface area contributed by atoms with Crippen molar-refractivity contribution in [1.82, 2.24) is 15.3 Å². The summed E-state index contributed by atoms with van der Waals surface area (Å²) >= 11 is 0. The fraction of sp³-hybridized carbons (Fsp3) is 0.467. The number of hydrogen-bond acceptors (Lipinski definition) is 3. The largest absolute Gasteiger partial charge is 0.349 e.